The number of carbonyl (C=O) groups is 1. The minimum absolute atomic E-state index is 0.165. The monoisotopic (exact) mass is 418 g/mol. The number of benzene rings is 4. The number of oxazole rings is 1. The summed E-state index contributed by atoms with van der Waals surface area (Å²) in [5.74, 6) is 0.407. The van der Waals surface area contributed by atoms with Gasteiger partial charge in [0.2, 0.25) is 5.89 Å². The van der Waals surface area contributed by atoms with Crippen LogP contribution in [0.15, 0.2) is 95.4 Å². The molecule has 0 aliphatic heterocycles. The molecule has 0 saturated heterocycles. The molecule has 1 heterocycles. The van der Waals surface area contributed by atoms with Crippen molar-refractivity contribution in [3.63, 3.8) is 0 Å². The van der Waals surface area contributed by atoms with Crippen molar-refractivity contribution in [2.45, 2.75) is 13.8 Å². The van der Waals surface area contributed by atoms with Gasteiger partial charge in [-0.2, -0.15) is 0 Å². The summed E-state index contributed by atoms with van der Waals surface area (Å²) >= 11 is 0. The Balaban J connectivity index is 1.35. The fraction of sp³-hybridized carbons (Fsp3) is 0.0714. The van der Waals surface area contributed by atoms with Gasteiger partial charge in [-0.25, -0.2) is 4.98 Å². The quantitative estimate of drug-likeness (QED) is 0.341. The summed E-state index contributed by atoms with van der Waals surface area (Å²) in [4.78, 5) is 17.4. The number of aryl methyl sites for hydroxylation is 2. The Hall–Kier alpha value is -4.18. The van der Waals surface area contributed by atoms with E-state index in [-0.39, 0.29) is 5.91 Å². The van der Waals surface area contributed by atoms with Crippen LogP contribution in [0.2, 0.25) is 0 Å². The number of nitrogens with zero attached hydrogens (tertiary/aromatic N) is 1. The molecule has 1 N–H and O–H groups in total. The number of rotatable bonds is 4. The fourth-order valence-electron chi connectivity index (χ4n) is 3.65. The molecule has 5 rings (SSSR count). The average Bonchev–Trinajstić information content (AvgIpc) is 3.25. The average molecular weight is 418 g/mol. The van der Waals surface area contributed by atoms with Crippen LogP contribution in [-0.4, -0.2) is 10.9 Å². The normalized spacial score (nSPS) is 10.9. The molecule has 0 aliphatic carbocycles. The minimum atomic E-state index is -0.165. The highest BCUT2D eigenvalue weighted by Gasteiger charge is 2.12. The van der Waals surface area contributed by atoms with Crippen LogP contribution in [-0.2, 0) is 0 Å². The molecule has 0 fully saturated rings. The molecule has 32 heavy (non-hydrogen) atoms. The minimum Gasteiger partial charge on any atom is -0.436 e. The maximum absolute atomic E-state index is 12.7. The van der Waals surface area contributed by atoms with Crippen LogP contribution in [0.1, 0.15) is 21.5 Å². The maximum atomic E-state index is 12.7. The first-order valence-electron chi connectivity index (χ1n) is 10.5. The molecule has 4 heteroatoms. The summed E-state index contributed by atoms with van der Waals surface area (Å²) < 4.78 is 5.92. The van der Waals surface area contributed by atoms with Crippen LogP contribution in [0.5, 0.6) is 0 Å². The van der Waals surface area contributed by atoms with E-state index in [4.69, 9.17) is 4.42 Å². The van der Waals surface area contributed by atoms with E-state index in [1.165, 1.54) is 11.1 Å². The Morgan fingerprint density at radius 1 is 0.750 bits per heavy atom. The molecular formula is C28H22N2O2. The van der Waals surface area contributed by atoms with E-state index in [1.54, 1.807) is 0 Å². The highest BCUT2D eigenvalue weighted by molar-refractivity contribution is 6.05. The number of hydrogen-bond acceptors (Lipinski definition) is 3. The molecule has 5 aromatic rings. The largest absolute Gasteiger partial charge is 0.436 e. The maximum Gasteiger partial charge on any atom is 0.255 e. The first kappa shape index (κ1) is 19.8. The Morgan fingerprint density at radius 3 is 2.22 bits per heavy atom. The lowest BCUT2D eigenvalue weighted by molar-refractivity contribution is 0.102. The molecule has 0 spiro atoms. The van der Waals surface area contributed by atoms with E-state index >= 15 is 0 Å². The number of hydrogen-bond donors (Lipinski definition) is 1. The zero-order valence-electron chi connectivity index (χ0n) is 17.9. The predicted molar refractivity (Wildman–Crippen MR) is 129 cm³/mol. The molecule has 0 saturated carbocycles. The van der Waals surface area contributed by atoms with Crippen molar-refractivity contribution in [1.82, 2.24) is 4.98 Å². The lowest BCUT2D eigenvalue weighted by Gasteiger charge is -2.06. The molecule has 0 bridgehead atoms. The zero-order valence-corrected chi connectivity index (χ0v) is 17.9. The summed E-state index contributed by atoms with van der Waals surface area (Å²) in [7, 11) is 0. The third-order valence-electron chi connectivity index (χ3n) is 5.65. The molecule has 0 radical (unpaired) electrons. The number of amides is 1. The second-order valence-corrected chi connectivity index (χ2v) is 7.90. The van der Waals surface area contributed by atoms with Crippen LogP contribution in [0.4, 0.5) is 5.69 Å². The number of carbonyl (C=O) groups excluding carboxylic acids is 1. The van der Waals surface area contributed by atoms with Gasteiger partial charge in [0, 0.05) is 16.8 Å². The smallest absolute Gasteiger partial charge is 0.255 e. The van der Waals surface area contributed by atoms with E-state index in [0.717, 1.165) is 16.7 Å². The van der Waals surface area contributed by atoms with Crippen LogP contribution in [0, 0.1) is 13.8 Å². The SMILES string of the molecule is Cc1ccc(-c2nc3cc(NC(=O)c4ccc(-c5ccccc5)cc4)ccc3o2)cc1C. The summed E-state index contributed by atoms with van der Waals surface area (Å²) in [6, 6.07) is 29.3. The summed E-state index contributed by atoms with van der Waals surface area (Å²) in [5, 5.41) is 2.95. The lowest BCUT2D eigenvalue weighted by atomic mass is 10.0. The highest BCUT2D eigenvalue weighted by atomic mass is 16.3. The van der Waals surface area contributed by atoms with Crippen molar-refractivity contribution in [3.8, 4) is 22.6 Å². The lowest BCUT2D eigenvalue weighted by Crippen LogP contribution is -2.11. The first-order valence-corrected chi connectivity index (χ1v) is 10.5. The standard InChI is InChI=1S/C28H22N2O2/c1-18-8-9-23(16-19(18)2)28-30-25-17-24(14-15-26(25)32-28)29-27(31)22-12-10-21(11-13-22)20-6-4-3-5-7-20/h3-17H,1-2H3,(H,29,31). The molecule has 1 aromatic heterocycles. The number of anilines is 1. The molecular weight excluding hydrogens is 396 g/mol. The number of fused-ring (bicyclic) bond motifs is 1. The second kappa shape index (κ2) is 8.16. The van der Waals surface area contributed by atoms with Crippen molar-refractivity contribution >= 4 is 22.7 Å². The van der Waals surface area contributed by atoms with E-state index < -0.39 is 0 Å². The van der Waals surface area contributed by atoms with Gasteiger partial charge in [0.05, 0.1) is 0 Å². The zero-order chi connectivity index (χ0) is 22.1. The van der Waals surface area contributed by atoms with Crippen molar-refractivity contribution in [2.75, 3.05) is 5.32 Å². The fourth-order valence-corrected chi connectivity index (χ4v) is 3.65. The molecule has 0 atom stereocenters. The second-order valence-electron chi connectivity index (χ2n) is 7.90. The molecule has 1 amide bonds. The number of nitrogens with one attached hydrogen (secondary N) is 1. The number of aromatic nitrogens is 1. The van der Waals surface area contributed by atoms with Gasteiger partial charge < -0.3 is 9.73 Å². The molecule has 4 aromatic carbocycles. The van der Waals surface area contributed by atoms with Crippen molar-refractivity contribution < 1.29 is 9.21 Å². The Morgan fingerprint density at radius 2 is 1.47 bits per heavy atom. The van der Waals surface area contributed by atoms with Crippen LogP contribution in [0.3, 0.4) is 0 Å². The van der Waals surface area contributed by atoms with Gasteiger partial charge in [-0.05, 0) is 78.6 Å². The highest BCUT2D eigenvalue weighted by Crippen LogP contribution is 2.28. The first-order chi connectivity index (χ1) is 15.6. The van der Waals surface area contributed by atoms with Crippen LogP contribution in [0.25, 0.3) is 33.7 Å². The third-order valence-corrected chi connectivity index (χ3v) is 5.65. The van der Waals surface area contributed by atoms with E-state index in [2.05, 4.69) is 36.3 Å². The summed E-state index contributed by atoms with van der Waals surface area (Å²) in [6.45, 7) is 4.15. The Bertz CT molecular complexity index is 1420. The van der Waals surface area contributed by atoms with Crippen molar-refractivity contribution in [2.24, 2.45) is 0 Å². The van der Waals surface area contributed by atoms with Gasteiger partial charge in [0.25, 0.3) is 5.91 Å². The Labute approximate surface area is 186 Å². The van der Waals surface area contributed by atoms with E-state index in [1.807, 2.05) is 78.9 Å². The van der Waals surface area contributed by atoms with Crippen LogP contribution < -0.4 is 5.32 Å². The summed E-state index contributed by atoms with van der Waals surface area (Å²) in [6.07, 6.45) is 0. The van der Waals surface area contributed by atoms with E-state index in [9.17, 15) is 4.79 Å². The van der Waals surface area contributed by atoms with Gasteiger partial charge in [-0.15, -0.1) is 0 Å². The van der Waals surface area contributed by atoms with Crippen LogP contribution >= 0.6 is 0 Å². The topological polar surface area (TPSA) is 55.1 Å². The van der Waals surface area contributed by atoms with Gasteiger partial charge in [-0.1, -0.05) is 48.5 Å². The van der Waals surface area contributed by atoms with Crippen molar-refractivity contribution in [1.29, 1.82) is 0 Å². The van der Waals surface area contributed by atoms with Gasteiger partial charge in [-0.3, -0.25) is 4.79 Å². The molecule has 4 nitrogen and oxygen atoms in total. The van der Waals surface area contributed by atoms with Gasteiger partial charge in [0.15, 0.2) is 5.58 Å². The third kappa shape index (κ3) is 3.91. The molecule has 0 aliphatic rings. The van der Waals surface area contributed by atoms with Gasteiger partial charge in [0.1, 0.15) is 5.52 Å². The van der Waals surface area contributed by atoms with Gasteiger partial charge >= 0.3 is 0 Å². The van der Waals surface area contributed by atoms with Crippen molar-refractivity contribution in [3.05, 3.63) is 108 Å². The predicted octanol–water partition coefficient (Wildman–Crippen LogP) is 7.03. The molecule has 0 unspecified atom stereocenters. The summed E-state index contributed by atoms with van der Waals surface area (Å²) in [5.41, 5.74) is 8.21. The molecule has 156 valence electrons. The Kier molecular flexibility index (Phi) is 5.04. The van der Waals surface area contributed by atoms with E-state index in [0.29, 0.717) is 28.2 Å².